The summed E-state index contributed by atoms with van der Waals surface area (Å²) in [6, 6.07) is 1.32. The van der Waals surface area contributed by atoms with Crippen molar-refractivity contribution < 1.29 is 19.8 Å². The minimum Gasteiger partial charge on any atom is -0.478 e. The van der Waals surface area contributed by atoms with Crippen molar-refractivity contribution in [3.05, 3.63) is 28.8 Å². The quantitative estimate of drug-likeness (QED) is 0.808. The lowest BCUT2D eigenvalue weighted by molar-refractivity contribution is 0.0685. The van der Waals surface area contributed by atoms with E-state index in [0.29, 0.717) is 10.2 Å². The number of carbonyl (C=O) groups is 2. The van der Waals surface area contributed by atoms with E-state index in [-0.39, 0.29) is 11.1 Å². The molecule has 0 fully saturated rings. The zero-order valence-electron chi connectivity index (χ0n) is 7.30. The van der Waals surface area contributed by atoms with Crippen LogP contribution < -0.4 is 0 Å². The number of aromatic nitrogens is 1. The molecule has 0 aliphatic rings. The summed E-state index contributed by atoms with van der Waals surface area (Å²) in [5, 5.41) is 19.4. The lowest BCUT2D eigenvalue weighted by Crippen LogP contribution is -1.98. The molecule has 2 N–H and O–H groups in total. The summed E-state index contributed by atoms with van der Waals surface area (Å²) in [7, 11) is 0. The van der Waals surface area contributed by atoms with Gasteiger partial charge in [0.2, 0.25) is 0 Å². The third kappa shape index (κ3) is 1.55. The van der Waals surface area contributed by atoms with Crippen LogP contribution in [0.2, 0.25) is 0 Å². The van der Waals surface area contributed by atoms with Gasteiger partial charge in [-0.05, 0) is 6.07 Å². The number of nitrogens with zero attached hydrogens (tertiary/aromatic N) is 1. The van der Waals surface area contributed by atoms with E-state index in [4.69, 9.17) is 10.2 Å². The Labute approximate surface area is 87.6 Å². The molecule has 0 aromatic carbocycles. The number of aromatic carboxylic acids is 2. The van der Waals surface area contributed by atoms with Crippen LogP contribution in [0.15, 0.2) is 17.6 Å². The normalized spacial score (nSPS) is 10.4. The average Bonchev–Trinajstić information content (AvgIpc) is 2.59. The Morgan fingerprint density at radius 1 is 1.27 bits per heavy atom. The molecular weight excluding hydrogens is 218 g/mol. The molecule has 0 bridgehead atoms. The topological polar surface area (TPSA) is 87.5 Å². The number of hydrogen-bond donors (Lipinski definition) is 2. The zero-order chi connectivity index (χ0) is 11.0. The SMILES string of the molecule is O=C(O)c1cnc2scc(C(=O)O)c2c1. The first kappa shape index (κ1) is 9.60. The molecule has 0 unspecified atom stereocenters. The molecule has 2 heterocycles. The smallest absolute Gasteiger partial charge is 0.337 e. The lowest BCUT2D eigenvalue weighted by atomic mass is 10.2. The second kappa shape index (κ2) is 3.32. The number of carboxylic acids is 2. The van der Waals surface area contributed by atoms with Gasteiger partial charge in [-0.1, -0.05) is 0 Å². The fraction of sp³-hybridized carbons (Fsp3) is 0. The van der Waals surface area contributed by atoms with Crippen molar-refractivity contribution in [1.29, 1.82) is 0 Å². The van der Waals surface area contributed by atoms with Gasteiger partial charge in [0.1, 0.15) is 4.83 Å². The van der Waals surface area contributed by atoms with Gasteiger partial charge in [-0.25, -0.2) is 14.6 Å². The highest BCUT2D eigenvalue weighted by Gasteiger charge is 2.13. The van der Waals surface area contributed by atoms with Crippen LogP contribution >= 0.6 is 11.3 Å². The summed E-state index contributed by atoms with van der Waals surface area (Å²) in [4.78, 5) is 25.9. The van der Waals surface area contributed by atoms with Crippen molar-refractivity contribution in [1.82, 2.24) is 4.98 Å². The third-order valence-electron chi connectivity index (χ3n) is 1.91. The van der Waals surface area contributed by atoms with Gasteiger partial charge >= 0.3 is 11.9 Å². The number of fused-ring (bicyclic) bond motifs is 1. The van der Waals surface area contributed by atoms with E-state index in [0.717, 1.165) is 0 Å². The largest absolute Gasteiger partial charge is 0.478 e. The van der Waals surface area contributed by atoms with Gasteiger partial charge in [0.15, 0.2) is 0 Å². The Hall–Kier alpha value is -1.95. The second-order valence-corrected chi connectivity index (χ2v) is 3.69. The average molecular weight is 223 g/mol. The van der Waals surface area contributed by atoms with E-state index < -0.39 is 11.9 Å². The summed E-state index contributed by atoms with van der Waals surface area (Å²) in [5.74, 6) is -2.20. The monoisotopic (exact) mass is 223 g/mol. The molecule has 76 valence electrons. The van der Waals surface area contributed by atoms with E-state index in [9.17, 15) is 9.59 Å². The van der Waals surface area contributed by atoms with Gasteiger partial charge in [-0.3, -0.25) is 0 Å². The van der Waals surface area contributed by atoms with Gasteiger partial charge in [-0.15, -0.1) is 11.3 Å². The van der Waals surface area contributed by atoms with Gasteiger partial charge in [-0.2, -0.15) is 0 Å². The number of thiophene rings is 1. The molecule has 0 atom stereocenters. The van der Waals surface area contributed by atoms with Crippen molar-refractivity contribution in [2.24, 2.45) is 0 Å². The molecular formula is C9H5NO4S. The van der Waals surface area contributed by atoms with Gasteiger partial charge in [0, 0.05) is 17.0 Å². The molecule has 15 heavy (non-hydrogen) atoms. The first-order chi connectivity index (χ1) is 7.09. The minimum absolute atomic E-state index is 0.0107. The molecule has 6 heteroatoms. The highest BCUT2D eigenvalue weighted by atomic mass is 32.1. The highest BCUT2D eigenvalue weighted by molar-refractivity contribution is 7.17. The molecule has 0 saturated carbocycles. The van der Waals surface area contributed by atoms with Crippen molar-refractivity contribution in [2.45, 2.75) is 0 Å². The molecule has 0 aliphatic heterocycles. The molecule has 0 spiro atoms. The lowest BCUT2D eigenvalue weighted by Gasteiger charge is -1.95. The number of carboxylic acid groups (broad SMARTS) is 2. The van der Waals surface area contributed by atoms with Gasteiger partial charge < -0.3 is 10.2 Å². The van der Waals surface area contributed by atoms with Crippen molar-refractivity contribution in [2.75, 3.05) is 0 Å². The maximum atomic E-state index is 10.8. The summed E-state index contributed by atoms with van der Waals surface area (Å²) in [5.41, 5.74) is 0.0778. The second-order valence-electron chi connectivity index (χ2n) is 2.84. The fourth-order valence-electron chi connectivity index (χ4n) is 1.20. The van der Waals surface area contributed by atoms with Gasteiger partial charge in [0.05, 0.1) is 11.1 Å². The standard InChI is InChI=1S/C9H5NO4S/c11-8(12)4-1-5-6(9(13)14)3-15-7(5)10-2-4/h1-3H,(H,11,12)(H,13,14). The number of hydrogen-bond acceptors (Lipinski definition) is 4. The van der Waals surface area contributed by atoms with Crippen LogP contribution in [0.1, 0.15) is 20.7 Å². The third-order valence-corrected chi connectivity index (χ3v) is 2.81. The first-order valence-electron chi connectivity index (χ1n) is 3.93. The van der Waals surface area contributed by atoms with E-state index in [2.05, 4.69) is 4.98 Å². The van der Waals surface area contributed by atoms with E-state index >= 15 is 0 Å². The van der Waals surface area contributed by atoms with E-state index in [1.54, 1.807) is 0 Å². The molecule has 2 rings (SSSR count). The van der Waals surface area contributed by atoms with E-state index in [1.807, 2.05) is 0 Å². The Morgan fingerprint density at radius 3 is 2.60 bits per heavy atom. The van der Waals surface area contributed by atoms with Gasteiger partial charge in [0.25, 0.3) is 0 Å². The summed E-state index contributed by atoms with van der Waals surface area (Å²) in [6.07, 6.45) is 1.22. The Balaban J connectivity index is 2.72. The molecule has 5 nitrogen and oxygen atoms in total. The maximum absolute atomic E-state index is 10.8. The predicted octanol–water partition coefficient (Wildman–Crippen LogP) is 1.69. The minimum atomic E-state index is -1.12. The Morgan fingerprint density at radius 2 is 2.00 bits per heavy atom. The van der Waals surface area contributed by atoms with Crippen molar-refractivity contribution in [3.63, 3.8) is 0 Å². The van der Waals surface area contributed by atoms with Crippen LogP contribution in [0.3, 0.4) is 0 Å². The van der Waals surface area contributed by atoms with Crippen molar-refractivity contribution in [3.8, 4) is 0 Å². The molecule has 0 aliphatic carbocycles. The van der Waals surface area contributed by atoms with Crippen molar-refractivity contribution >= 4 is 33.5 Å². The van der Waals surface area contributed by atoms with Crippen LogP contribution in [0.5, 0.6) is 0 Å². The Bertz CT molecular complexity index is 560. The van der Waals surface area contributed by atoms with Crippen LogP contribution in [-0.4, -0.2) is 27.1 Å². The summed E-state index contributed by atoms with van der Waals surface area (Å²) < 4.78 is 0. The summed E-state index contributed by atoms with van der Waals surface area (Å²) in [6.45, 7) is 0. The molecule has 2 aromatic heterocycles. The van der Waals surface area contributed by atoms with Crippen LogP contribution in [-0.2, 0) is 0 Å². The van der Waals surface area contributed by atoms with Crippen LogP contribution in [0.25, 0.3) is 10.2 Å². The molecule has 0 radical (unpaired) electrons. The predicted molar refractivity (Wildman–Crippen MR) is 53.5 cm³/mol. The highest BCUT2D eigenvalue weighted by Crippen LogP contribution is 2.24. The Kier molecular flexibility index (Phi) is 2.12. The van der Waals surface area contributed by atoms with E-state index in [1.165, 1.54) is 29.0 Å². The number of rotatable bonds is 2. The zero-order valence-corrected chi connectivity index (χ0v) is 8.11. The fourth-order valence-corrected chi connectivity index (χ4v) is 2.07. The van der Waals surface area contributed by atoms with Crippen LogP contribution in [0, 0.1) is 0 Å². The first-order valence-corrected chi connectivity index (χ1v) is 4.81. The molecule has 2 aromatic rings. The molecule has 0 amide bonds. The van der Waals surface area contributed by atoms with Crippen LogP contribution in [0.4, 0.5) is 0 Å². The maximum Gasteiger partial charge on any atom is 0.337 e. The summed E-state index contributed by atoms with van der Waals surface area (Å²) >= 11 is 1.18. The number of pyridine rings is 1. The molecule has 0 saturated heterocycles.